The molecule has 1 aromatic carbocycles. The molecule has 2 N–H and O–H groups in total. The maximum Gasteiger partial charge on any atom is 0.272 e. The molecule has 128 valence electrons. The van der Waals surface area contributed by atoms with Crippen molar-refractivity contribution in [3.8, 4) is 5.69 Å². The molecule has 0 fully saturated rings. The van der Waals surface area contributed by atoms with Crippen molar-refractivity contribution in [1.29, 1.82) is 0 Å². The molecule has 24 heavy (non-hydrogen) atoms. The average molecular weight is 391 g/mol. The van der Waals surface area contributed by atoms with Gasteiger partial charge in [0.05, 0.1) is 5.69 Å². The van der Waals surface area contributed by atoms with Gasteiger partial charge in [-0.2, -0.15) is 5.10 Å². The number of carbonyl (C=O) groups excluding carboxylic acids is 1. The molecule has 0 spiro atoms. The summed E-state index contributed by atoms with van der Waals surface area (Å²) in [7, 11) is 1.89. The van der Waals surface area contributed by atoms with Crippen LogP contribution in [0.4, 0.5) is 0 Å². The van der Waals surface area contributed by atoms with E-state index in [0.29, 0.717) is 12.2 Å². The Hall–Kier alpha value is -1.66. The second kappa shape index (κ2) is 7.49. The molecule has 1 atom stereocenters. The Bertz CT molecular complexity index is 723. The van der Waals surface area contributed by atoms with Crippen LogP contribution in [0.1, 0.15) is 41.5 Å². The van der Waals surface area contributed by atoms with E-state index in [1.54, 1.807) is 0 Å². The second-order valence-electron chi connectivity index (χ2n) is 6.27. The van der Waals surface area contributed by atoms with Crippen molar-refractivity contribution >= 4 is 21.8 Å². The minimum atomic E-state index is -0.0777. The van der Waals surface area contributed by atoms with Crippen LogP contribution in [0.15, 0.2) is 28.7 Å². The Morgan fingerprint density at radius 3 is 2.71 bits per heavy atom. The van der Waals surface area contributed by atoms with E-state index in [1.165, 1.54) is 5.69 Å². The van der Waals surface area contributed by atoms with E-state index in [4.69, 9.17) is 0 Å². The van der Waals surface area contributed by atoms with Crippen LogP contribution in [0.2, 0.25) is 0 Å². The van der Waals surface area contributed by atoms with Gasteiger partial charge in [-0.05, 0) is 63.9 Å². The van der Waals surface area contributed by atoms with Gasteiger partial charge in [0, 0.05) is 28.3 Å². The summed E-state index contributed by atoms with van der Waals surface area (Å²) in [6.07, 6.45) is 4.16. The van der Waals surface area contributed by atoms with E-state index < -0.39 is 0 Å². The van der Waals surface area contributed by atoms with Crippen LogP contribution in [0.25, 0.3) is 5.69 Å². The molecule has 0 radical (unpaired) electrons. The number of rotatable bonds is 5. The summed E-state index contributed by atoms with van der Waals surface area (Å²) in [5.74, 6) is -0.0777. The number of nitrogens with zero attached hydrogens (tertiary/aromatic N) is 2. The summed E-state index contributed by atoms with van der Waals surface area (Å²) in [5, 5.41) is 10.8. The third kappa shape index (κ3) is 3.54. The zero-order valence-electron chi connectivity index (χ0n) is 14.1. The van der Waals surface area contributed by atoms with Crippen LogP contribution in [0.3, 0.4) is 0 Å². The van der Waals surface area contributed by atoms with Gasteiger partial charge in [0.2, 0.25) is 0 Å². The minimum absolute atomic E-state index is 0.0777. The fourth-order valence-corrected chi connectivity index (χ4v) is 3.27. The third-order valence-corrected chi connectivity index (χ3v) is 5.06. The Balaban J connectivity index is 1.92. The molecule has 1 aliphatic rings. The van der Waals surface area contributed by atoms with Crippen molar-refractivity contribution in [3.05, 3.63) is 45.7 Å². The van der Waals surface area contributed by atoms with Gasteiger partial charge in [0.15, 0.2) is 5.69 Å². The lowest BCUT2D eigenvalue weighted by Crippen LogP contribution is -2.37. The zero-order chi connectivity index (χ0) is 17.1. The predicted molar refractivity (Wildman–Crippen MR) is 98.8 cm³/mol. The molecular weight excluding hydrogens is 368 g/mol. The number of carbonyl (C=O) groups is 1. The topological polar surface area (TPSA) is 58.9 Å². The standard InChI is InChI=1S/C18H23BrN4O/c1-12(20-2)11-21-18(24)17-15-5-3-4-6-16(15)23(22-17)14-9-7-13(19)8-10-14/h7-10,12,20H,3-6,11H2,1-2H3,(H,21,24). The normalized spacial score (nSPS) is 15.0. The fourth-order valence-electron chi connectivity index (χ4n) is 3.01. The molecule has 3 rings (SSSR count). The van der Waals surface area contributed by atoms with Crippen LogP contribution < -0.4 is 10.6 Å². The summed E-state index contributed by atoms with van der Waals surface area (Å²) >= 11 is 3.46. The molecule has 1 amide bonds. The number of fused-ring (bicyclic) bond motifs is 1. The predicted octanol–water partition coefficient (Wildman–Crippen LogP) is 2.85. The molecule has 1 unspecified atom stereocenters. The summed E-state index contributed by atoms with van der Waals surface area (Å²) in [5.41, 5.74) is 3.86. The monoisotopic (exact) mass is 390 g/mol. The summed E-state index contributed by atoms with van der Waals surface area (Å²) in [4.78, 5) is 12.6. The van der Waals surface area contributed by atoms with Gasteiger partial charge in [0.25, 0.3) is 5.91 Å². The first-order chi connectivity index (χ1) is 11.6. The summed E-state index contributed by atoms with van der Waals surface area (Å²) < 4.78 is 2.98. The van der Waals surface area contributed by atoms with E-state index >= 15 is 0 Å². The first-order valence-electron chi connectivity index (χ1n) is 8.42. The maximum absolute atomic E-state index is 12.6. The van der Waals surface area contributed by atoms with Gasteiger partial charge in [-0.3, -0.25) is 4.79 Å². The molecule has 0 saturated heterocycles. The number of aromatic nitrogens is 2. The van der Waals surface area contributed by atoms with Crippen LogP contribution >= 0.6 is 15.9 Å². The van der Waals surface area contributed by atoms with Gasteiger partial charge in [-0.25, -0.2) is 4.68 Å². The van der Waals surface area contributed by atoms with Crippen LogP contribution in [0, 0.1) is 0 Å². The molecule has 0 aliphatic heterocycles. The summed E-state index contributed by atoms with van der Waals surface area (Å²) in [6.45, 7) is 2.63. The van der Waals surface area contributed by atoms with Crippen molar-refractivity contribution in [1.82, 2.24) is 20.4 Å². The number of likely N-dealkylation sites (N-methyl/N-ethyl adjacent to an activating group) is 1. The lowest BCUT2D eigenvalue weighted by atomic mass is 9.95. The molecule has 1 heterocycles. The van der Waals surface area contributed by atoms with E-state index in [1.807, 2.05) is 42.9 Å². The van der Waals surface area contributed by atoms with Gasteiger partial charge in [0.1, 0.15) is 0 Å². The largest absolute Gasteiger partial charge is 0.349 e. The van der Waals surface area contributed by atoms with Crippen molar-refractivity contribution in [2.24, 2.45) is 0 Å². The van der Waals surface area contributed by atoms with E-state index in [-0.39, 0.29) is 11.9 Å². The second-order valence-corrected chi connectivity index (χ2v) is 7.18. The first-order valence-corrected chi connectivity index (χ1v) is 9.21. The average Bonchev–Trinajstić information content (AvgIpc) is 3.00. The molecule has 1 aliphatic carbocycles. The Kier molecular flexibility index (Phi) is 5.36. The van der Waals surface area contributed by atoms with Crippen LogP contribution in [-0.2, 0) is 12.8 Å². The SMILES string of the molecule is CNC(C)CNC(=O)c1nn(-c2ccc(Br)cc2)c2c1CCCC2. The van der Waals surface area contributed by atoms with Gasteiger partial charge >= 0.3 is 0 Å². The van der Waals surface area contributed by atoms with Gasteiger partial charge in [-0.1, -0.05) is 15.9 Å². The van der Waals surface area contributed by atoms with Crippen molar-refractivity contribution in [3.63, 3.8) is 0 Å². The number of benzene rings is 1. The Labute approximate surface area is 151 Å². The lowest BCUT2D eigenvalue weighted by molar-refractivity contribution is 0.0944. The minimum Gasteiger partial charge on any atom is -0.349 e. The zero-order valence-corrected chi connectivity index (χ0v) is 15.7. The van der Waals surface area contributed by atoms with Crippen LogP contribution in [-0.4, -0.2) is 35.3 Å². The molecule has 0 bridgehead atoms. The Morgan fingerprint density at radius 2 is 2.00 bits per heavy atom. The van der Waals surface area contributed by atoms with Gasteiger partial charge < -0.3 is 10.6 Å². The van der Waals surface area contributed by atoms with Gasteiger partial charge in [-0.15, -0.1) is 0 Å². The van der Waals surface area contributed by atoms with E-state index in [2.05, 4.69) is 31.7 Å². The molecule has 5 nitrogen and oxygen atoms in total. The first kappa shape index (κ1) is 17.2. The summed E-state index contributed by atoms with van der Waals surface area (Å²) in [6, 6.07) is 8.28. The highest BCUT2D eigenvalue weighted by Crippen LogP contribution is 2.27. The smallest absolute Gasteiger partial charge is 0.272 e. The fraction of sp³-hybridized carbons (Fsp3) is 0.444. The quantitative estimate of drug-likeness (QED) is 0.824. The van der Waals surface area contributed by atoms with E-state index in [9.17, 15) is 4.79 Å². The molecule has 1 aromatic heterocycles. The Morgan fingerprint density at radius 1 is 1.29 bits per heavy atom. The van der Waals surface area contributed by atoms with Crippen molar-refractivity contribution < 1.29 is 4.79 Å². The number of amides is 1. The number of hydrogen-bond donors (Lipinski definition) is 2. The van der Waals surface area contributed by atoms with Crippen molar-refractivity contribution in [2.75, 3.05) is 13.6 Å². The molecule has 2 aromatic rings. The maximum atomic E-state index is 12.6. The highest BCUT2D eigenvalue weighted by Gasteiger charge is 2.25. The number of hydrogen-bond acceptors (Lipinski definition) is 3. The third-order valence-electron chi connectivity index (χ3n) is 4.53. The number of nitrogens with one attached hydrogen (secondary N) is 2. The highest BCUT2D eigenvalue weighted by atomic mass is 79.9. The lowest BCUT2D eigenvalue weighted by Gasteiger charge is -2.14. The molecular formula is C18H23BrN4O. The molecule has 6 heteroatoms. The molecule has 0 saturated carbocycles. The van der Waals surface area contributed by atoms with Crippen molar-refractivity contribution in [2.45, 2.75) is 38.6 Å². The number of halogens is 1. The van der Waals surface area contributed by atoms with Crippen LogP contribution in [0.5, 0.6) is 0 Å². The van der Waals surface area contributed by atoms with E-state index in [0.717, 1.165) is 41.4 Å². The highest BCUT2D eigenvalue weighted by molar-refractivity contribution is 9.10.